The molecule has 0 aliphatic heterocycles. The largest absolute Gasteiger partial charge is 0.378 e. The van der Waals surface area contributed by atoms with Crippen molar-refractivity contribution < 1.29 is 4.79 Å². The molecule has 1 amide bonds. The van der Waals surface area contributed by atoms with E-state index in [0.717, 1.165) is 27.4 Å². The second-order valence-electron chi connectivity index (χ2n) is 6.39. The van der Waals surface area contributed by atoms with Crippen LogP contribution in [-0.4, -0.2) is 45.3 Å². The topological polar surface area (TPSA) is 78.3 Å². The minimum atomic E-state index is -0.0303. The molecule has 2 aromatic heterocycles. The van der Waals surface area contributed by atoms with Crippen molar-refractivity contribution in [2.75, 3.05) is 24.7 Å². The minimum absolute atomic E-state index is 0.0303. The summed E-state index contributed by atoms with van der Waals surface area (Å²) in [6, 6.07) is 16.0. The molecule has 4 aromatic rings. The summed E-state index contributed by atoms with van der Waals surface area (Å²) in [5.74, 6) is 0.944. The highest BCUT2D eigenvalue weighted by molar-refractivity contribution is 7.99. The Bertz CT molecular complexity index is 1080. The van der Waals surface area contributed by atoms with Gasteiger partial charge in [-0.15, -0.1) is 5.10 Å². The first-order chi connectivity index (χ1) is 13.1. The number of rotatable bonds is 6. The van der Waals surface area contributed by atoms with Crippen molar-refractivity contribution in [1.29, 1.82) is 0 Å². The van der Waals surface area contributed by atoms with E-state index < -0.39 is 0 Å². The van der Waals surface area contributed by atoms with E-state index in [1.807, 2.05) is 71.9 Å². The van der Waals surface area contributed by atoms with Gasteiger partial charge in [0.1, 0.15) is 0 Å². The molecule has 0 aliphatic carbocycles. The smallest absolute Gasteiger partial charge is 0.231 e. The molecule has 0 bridgehead atoms. The molecule has 7 nitrogen and oxygen atoms in total. The number of anilines is 1. The summed E-state index contributed by atoms with van der Waals surface area (Å²) < 4.78 is 1.94. The van der Waals surface area contributed by atoms with E-state index in [-0.39, 0.29) is 5.91 Å². The first kappa shape index (κ1) is 17.4. The van der Waals surface area contributed by atoms with Gasteiger partial charge >= 0.3 is 0 Å². The number of benzene rings is 2. The van der Waals surface area contributed by atoms with Crippen molar-refractivity contribution in [3.05, 3.63) is 54.1 Å². The number of hydrogen-bond acceptors (Lipinski definition) is 5. The zero-order chi connectivity index (χ0) is 18.8. The Balaban J connectivity index is 1.37. The predicted octanol–water partition coefficient (Wildman–Crippen LogP) is 2.69. The van der Waals surface area contributed by atoms with Gasteiger partial charge in [0.15, 0.2) is 5.16 Å². The predicted molar refractivity (Wildman–Crippen MR) is 108 cm³/mol. The van der Waals surface area contributed by atoms with Gasteiger partial charge < -0.3 is 10.2 Å². The number of fused-ring (bicyclic) bond motifs is 3. The molecule has 0 fully saturated rings. The fourth-order valence-corrected chi connectivity index (χ4v) is 3.62. The number of carbonyl (C=O) groups is 1. The average Bonchev–Trinajstić information content (AvgIpc) is 3.24. The molecular formula is C19H20N6OS. The lowest BCUT2D eigenvalue weighted by Crippen LogP contribution is -2.24. The number of hydrogen-bond donors (Lipinski definition) is 2. The Hall–Kier alpha value is -3.00. The highest BCUT2D eigenvalue weighted by Crippen LogP contribution is 2.22. The summed E-state index contributed by atoms with van der Waals surface area (Å²) in [6.07, 6.45) is 0. The molecule has 8 heteroatoms. The molecule has 0 atom stereocenters. The van der Waals surface area contributed by atoms with Crippen LogP contribution in [-0.2, 0) is 11.3 Å². The molecule has 0 spiro atoms. The molecule has 0 unspecified atom stereocenters. The molecule has 2 aromatic carbocycles. The van der Waals surface area contributed by atoms with Crippen LogP contribution in [0.1, 0.15) is 5.56 Å². The van der Waals surface area contributed by atoms with Crippen molar-refractivity contribution in [3.63, 3.8) is 0 Å². The van der Waals surface area contributed by atoms with Crippen LogP contribution in [0.25, 0.3) is 16.8 Å². The quantitative estimate of drug-likeness (QED) is 0.503. The summed E-state index contributed by atoms with van der Waals surface area (Å²) in [4.78, 5) is 18.8. The van der Waals surface area contributed by atoms with Crippen molar-refractivity contribution in [2.45, 2.75) is 11.7 Å². The Morgan fingerprint density at radius 1 is 1.19 bits per heavy atom. The fraction of sp³-hybridized carbons (Fsp3) is 0.211. The van der Waals surface area contributed by atoms with Crippen molar-refractivity contribution in [3.8, 4) is 0 Å². The Morgan fingerprint density at radius 3 is 2.74 bits per heavy atom. The van der Waals surface area contributed by atoms with E-state index in [2.05, 4.69) is 20.5 Å². The van der Waals surface area contributed by atoms with Gasteiger partial charge in [0, 0.05) is 26.3 Å². The molecule has 138 valence electrons. The molecule has 2 heterocycles. The number of H-pyrrole nitrogens is 1. The second-order valence-corrected chi connectivity index (χ2v) is 7.33. The maximum atomic E-state index is 12.2. The average molecular weight is 380 g/mol. The summed E-state index contributed by atoms with van der Waals surface area (Å²) in [7, 11) is 4.01. The lowest BCUT2D eigenvalue weighted by Gasteiger charge is -2.12. The lowest BCUT2D eigenvalue weighted by atomic mass is 10.2. The van der Waals surface area contributed by atoms with Crippen LogP contribution in [0.4, 0.5) is 5.69 Å². The van der Waals surface area contributed by atoms with Gasteiger partial charge in [-0.05, 0) is 29.8 Å². The maximum Gasteiger partial charge on any atom is 0.231 e. The lowest BCUT2D eigenvalue weighted by molar-refractivity contribution is -0.118. The SMILES string of the molecule is CN(C)c1ccc(CNC(=O)CSc2n[nH]c3nc4ccccc4n23)cc1. The van der Waals surface area contributed by atoms with E-state index in [4.69, 9.17) is 0 Å². The van der Waals surface area contributed by atoms with Gasteiger partial charge in [0.25, 0.3) is 0 Å². The molecule has 0 aliphatic rings. The number of nitrogens with one attached hydrogen (secondary N) is 2. The normalized spacial score (nSPS) is 11.2. The molecule has 0 saturated heterocycles. The van der Waals surface area contributed by atoms with Crippen molar-refractivity contribution in [1.82, 2.24) is 24.9 Å². The number of imidazole rings is 1. The first-order valence-electron chi connectivity index (χ1n) is 8.59. The van der Waals surface area contributed by atoms with Crippen LogP contribution in [0.15, 0.2) is 53.7 Å². The van der Waals surface area contributed by atoms with Crippen LogP contribution < -0.4 is 10.2 Å². The number of aromatic nitrogens is 4. The van der Waals surface area contributed by atoms with Gasteiger partial charge in [-0.1, -0.05) is 36.0 Å². The molecule has 27 heavy (non-hydrogen) atoms. The van der Waals surface area contributed by atoms with Gasteiger partial charge in [0.2, 0.25) is 11.7 Å². The highest BCUT2D eigenvalue weighted by atomic mass is 32.2. The monoisotopic (exact) mass is 380 g/mol. The van der Waals surface area contributed by atoms with E-state index in [1.165, 1.54) is 11.8 Å². The van der Waals surface area contributed by atoms with Gasteiger partial charge in [-0.2, -0.15) is 0 Å². The second kappa shape index (κ2) is 7.32. The zero-order valence-electron chi connectivity index (χ0n) is 15.1. The Kier molecular flexibility index (Phi) is 4.72. The molecule has 0 saturated carbocycles. The third-order valence-corrected chi connectivity index (χ3v) is 5.22. The van der Waals surface area contributed by atoms with E-state index >= 15 is 0 Å². The van der Waals surface area contributed by atoms with Crippen molar-refractivity contribution >= 4 is 40.2 Å². The number of thioether (sulfide) groups is 1. The molecular weight excluding hydrogens is 360 g/mol. The fourth-order valence-electron chi connectivity index (χ4n) is 2.83. The van der Waals surface area contributed by atoms with Crippen LogP contribution in [0.5, 0.6) is 0 Å². The molecule has 2 N–H and O–H groups in total. The van der Waals surface area contributed by atoms with Gasteiger partial charge in [-0.3, -0.25) is 9.20 Å². The van der Waals surface area contributed by atoms with E-state index in [0.29, 0.717) is 18.1 Å². The van der Waals surface area contributed by atoms with Crippen LogP contribution >= 0.6 is 11.8 Å². The number of nitrogens with zero attached hydrogens (tertiary/aromatic N) is 4. The molecule has 4 rings (SSSR count). The highest BCUT2D eigenvalue weighted by Gasteiger charge is 2.13. The van der Waals surface area contributed by atoms with Gasteiger partial charge in [0.05, 0.1) is 16.8 Å². The number of amides is 1. The van der Waals surface area contributed by atoms with E-state index in [9.17, 15) is 4.79 Å². The van der Waals surface area contributed by atoms with Crippen LogP contribution in [0.3, 0.4) is 0 Å². The Labute approximate surface area is 160 Å². The number of aromatic amines is 1. The summed E-state index contributed by atoms with van der Waals surface area (Å²) >= 11 is 1.39. The third-order valence-electron chi connectivity index (χ3n) is 4.28. The molecule has 0 radical (unpaired) electrons. The van der Waals surface area contributed by atoms with Crippen LogP contribution in [0, 0.1) is 0 Å². The summed E-state index contributed by atoms with van der Waals surface area (Å²) in [5.41, 5.74) is 4.08. The minimum Gasteiger partial charge on any atom is -0.378 e. The number of carbonyl (C=O) groups excluding carboxylic acids is 1. The first-order valence-corrected chi connectivity index (χ1v) is 9.58. The summed E-state index contributed by atoms with van der Waals surface area (Å²) in [5, 5.41) is 10.9. The van der Waals surface area contributed by atoms with E-state index in [1.54, 1.807) is 0 Å². The maximum absolute atomic E-state index is 12.2. The van der Waals surface area contributed by atoms with Crippen LogP contribution in [0.2, 0.25) is 0 Å². The summed E-state index contributed by atoms with van der Waals surface area (Å²) in [6.45, 7) is 0.511. The van der Waals surface area contributed by atoms with Crippen molar-refractivity contribution in [2.24, 2.45) is 0 Å². The number of para-hydroxylation sites is 2. The Morgan fingerprint density at radius 2 is 1.96 bits per heavy atom. The van der Waals surface area contributed by atoms with Gasteiger partial charge in [-0.25, -0.2) is 10.1 Å². The standard InChI is InChI=1S/C19H20N6OS/c1-24(2)14-9-7-13(8-10-14)11-20-17(26)12-27-19-23-22-18-21-15-5-3-4-6-16(15)25(18)19/h3-10H,11-12H2,1-2H3,(H,20,26)(H,21,22). The zero-order valence-corrected chi connectivity index (χ0v) is 16.0. The third kappa shape index (κ3) is 3.61.